The van der Waals surface area contributed by atoms with Gasteiger partial charge in [0.15, 0.2) is 6.23 Å². The molecule has 3 heterocycles. The summed E-state index contributed by atoms with van der Waals surface area (Å²) in [7, 11) is 0. The highest BCUT2D eigenvalue weighted by molar-refractivity contribution is 5.75. The zero-order chi connectivity index (χ0) is 19.4. The first-order chi connectivity index (χ1) is 13.0. The van der Waals surface area contributed by atoms with Gasteiger partial charge >= 0.3 is 0 Å². The van der Waals surface area contributed by atoms with Gasteiger partial charge in [0, 0.05) is 25.4 Å². The van der Waals surface area contributed by atoms with Crippen LogP contribution in [-0.2, 0) is 22.6 Å². The number of hydrogen-bond donors (Lipinski definition) is 5. The lowest BCUT2D eigenvalue weighted by molar-refractivity contribution is -0.254. The van der Waals surface area contributed by atoms with E-state index in [1.807, 2.05) is 29.1 Å². The van der Waals surface area contributed by atoms with E-state index in [2.05, 4.69) is 15.6 Å². The van der Waals surface area contributed by atoms with Crippen LogP contribution in [0.2, 0.25) is 0 Å². The quantitative estimate of drug-likeness (QED) is 0.361. The molecule has 3 rings (SSSR count). The molecule has 148 valence electrons. The van der Waals surface area contributed by atoms with Crippen molar-refractivity contribution < 1.29 is 30.0 Å². The van der Waals surface area contributed by atoms with Gasteiger partial charge in [0.05, 0.1) is 19.3 Å². The Kier molecular flexibility index (Phi) is 6.19. The van der Waals surface area contributed by atoms with Crippen LogP contribution in [0.25, 0.3) is 0 Å². The molecule has 2 aromatic rings. The van der Waals surface area contributed by atoms with Crippen molar-refractivity contribution >= 4 is 5.91 Å². The molecule has 0 aliphatic carbocycles. The Balaban J connectivity index is 1.54. The highest BCUT2D eigenvalue weighted by Crippen LogP contribution is 2.27. The Bertz CT molecular complexity index is 734. The van der Waals surface area contributed by atoms with Gasteiger partial charge in [-0.1, -0.05) is 5.21 Å². The minimum absolute atomic E-state index is 0.141. The fraction of sp³-hybridized carbons (Fsp3) is 0.562. The summed E-state index contributed by atoms with van der Waals surface area (Å²) in [5, 5.41) is 49.4. The maximum absolute atomic E-state index is 11.9. The summed E-state index contributed by atoms with van der Waals surface area (Å²) in [6.07, 6.45) is -1.02. The molecule has 3 unspecified atom stereocenters. The fourth-order valence-corrected chi connectivity index (χ4v) is 2.85. The average molecular weight is 381 g/mol. The third-order valence-electron chi connectivity index (χ3n) is 4.42. The molecule has 0 aromatic carbocycles. The van der Waals surface area contributed by atoms with Crippen molar-refractivity contribution in [3.8, 4) is 0 Å². The zero-order valence-electron chi connectivity index (χ0n) is 14.5. The highest BCUT2D eigenvalue weighted by Gasteiger charge is 2.44. The second-order valence-electron chi connectivity index (χ2n) is 6.36. The van der Waals surface area contributed by atoms with Gasteiger partial charge in [0.1, 0.15) is 30.1 Å². The summed E-state index contributed by atoms with van der Waals surface area (Å²) >= 11 is 0. The van der Waals surface area contributed by atoms with Crippen LogP contribution >= 0.6 is 0 Å². The van der Waals surface area contributed by atoms with E-state index in [0.29, 0.717) is 18.7 Å². The lowest BCUT2D eigenvalue weighted by atomic mass is 9.98. The average Bonchev–Trinajstić information content (AvgIpc) is 3.35. The van der Waals surface area contributed by atoms with Crippen LogP contribution in [0, 0.1) is 0 Å². The van der Waals surface area contributed by atoms with Crippen LogP contribution in [0.3, 0.4) is 0 Å². The summed E-state index contributed by atoms with van der Waals surface area (Å²) in [5.41, 5.74) is 0.432. The molecule has 0 radical (unpaired) electrons. The molecule has 1 aliphatic rings. The molecular formula is C16H23N5O6. The topological polar surface area (TPSA) is 155 Å². The Morgan fingerprint density at radius 2 is 1.93 bits per heavy atom. The molecule has 2 aromatic heterocycles. The van der Waals surface area contributed by atoms with E-state index in [9.17, 15) is 25.2 Å². The number of amides is 1. The summed E-state index contributed by atoms with van der Waals surface area (Å²) in [6.45, 7) is 0.179. The predicted octanol–water partition coefficient (Wildman–Crippen LogP) is -2.24. The number of aliphatic hydroxyl groups is 4. The minimum atomic E-state index is -1.50. The van der Waals surface area contributed by atoms with E-state index < -0.39 is 37.3 Å². The van der Waals surface area contributed by atoms with Crippen molar-refractivity contribution in [3.05, 3.63) is 36.4 Å². The second kappa shape index (κ2) is 8.59. The van der Waals surface area contributed by atoms with Crippen molar-refractivity contribution in [2.24, 2.45) is 0 Å². The molecule has 27 heavy (non-hydrogen) atoms. The first-order valence-corrected chi connectivity index (χ1v) is 8.58. The maximum atomic E-state index is 11.9. The number of hydrogen-bond acceptors (Lipinski definition) is 8. The van der Waals surface area contributed by atoms with Gasteiger partial charge in [-0.15, -0.1) is 5.10 Å². The molecule has 5 N–H and O–H groups in total. The largest absolute Gasteiger partial charge is 0.394 e. The monoisotopic (exact) mass is 381 g/mol. The molecule has 0 spiro atoms. The number of carbonyl (C=O) groups excluding carboxylic acids is 1. The lowest BCUT2D eigenvalue weighted by Crippen LogP contribution is -2.56. The molecule has 11 heteroatoms. The number of aliphatic hydroxyl groups excluding tert-OH is 4. The molecule has 1 fully saturated rings. The number of nitrogens with zero attached hydrogens (tertiary/aromatic N) is 4. The van der Waals surface area contributed by atoms with E-state index >= 15 is 0 Å². The summed E-state index contributed by atoms with van der Waals surface area (Å²) in [5.74, 6) is -0.147. The second-order valence-corrected chi connectivity index (χ2v) is 6.36. The van der Waals surface area contributed by atoms with Gasteiger partial charge in [-0.3, -0.25) is 4.79 Å². The molecular weight excluding hydrogens is 358 g/mol. The first kappa shape index (κ1) is 19.5. The van der Waals surface area contributed by atoms with Gasteiger partial charge in [0.2, 0.25) is 5.91 Å². The SMILES string of the molecule is O=C(CCn1cccc1)NCc1cn([C@@H]2OC(CO)[C@H](O)C(O)C2O)nn1. The van der Waals surface area contributed by atoms with Gasteiger partial charge in [-0.25, -0.2) is 4.68 Å². The lowest BCUT2D eigenvalue weighted by Gasteiger charge is -2.39. The highest BCUT2D eigenvalue weighted by atomic mass is 16.6. The molecule has 1 amide bonds. The smallest absolute Gasteiger partial charge is 0.222 e. The van der Waals surface area contributed by atoms with Crippen LogP contribution in [0.4, 0.5) is 0 Å². The summed E-state index contributed by atoms with van der Waals surface area (Å²) in [6, 6.07) is 3.77. The molecule has 1 aliphatic heterocycles. The van der Waals surface area contributed by atoms with E-state index in [-0.39, 0.29) is 12.5 Å². The molecule has 5 atom stereocenters. The standard InChI is InChI=1S/C16H23N5O6/c22-9-11-13(24)14(25)15(26)16(27-11)21-8-10(18-19-21)7-17-12(23)3-6-20-4-1-2-5-20/h1-2,4-5,8,11,13-16,22,24-26H,3,6-7,9H2,(H,17,23)/t11?,13-,14?,15?,16+/m0/s1. The van der Waals surface area contributed by atoms with Crippen molar-refractivity contribution in [2.75, 3.05) is 6.61 Å². The van der Waals surface area contributed by atoms with E-state index in [1.165, 1.54) is 10.9 Å². The number of carbonyl (C=O) groups is 1. The van der Waals surface area contributed by atoms with Crippen molar-refractivity contribution in [2.45, 2.75) is 50.2 Å². The van der Waals surface area contributed by atoms with E-state index in [1.54, 1.807) is 0 Å². The first-order valence-electron chi connectivity index (χ1n) is 8.58. The molecule has 0 bridgehead atoms. The van der Waals surface area contributed by atoms with Crippen molar-refractivity contribution in [3.63, 3.8) is 0 Å². The maximum Gasteiger partial charge on any atom is 0.222 e. The van der Waals surface area contributed by atoms with Gasteiger partial charge in [-0.05, 0) is 12.1 Å². The number of aromatic nitrogens is 4. The number of ether oxygens (including phenoxy) is 1. The minimum Gasteiger partial charge on any atom is -0.394 e. The third-order valence-corrected chi connectivity index (χ3v) is 4.42. The van der Waals surface area contributed by atoms with Crippen molar-refractivity contribution in [1.82, 2.24) is 24.9 Å². The number of nitrogens with one attached hydrogen (secondary N) is 1. The van der Waals surface area contributed by atoms with E-state index in [0.717, 1.165) is 0 Å². The van der Waals surface area contributed by atoms with Gasteiger partial charge < -0.3 is 35.0 Å². The van der Waals surface area contributed by atoms with E-state index in [4.69, 9.17) is 4.74 Å². The van der Waals surface area contributed by atoms with Crippen LogP contribution in [0.1, 0.15) is 18.3 Å². The number of rotatable bonds is 7. The van der Waals surface area contributed by atoms with Gasteiger partial charge in [-0.2, -0.15) is 0 Å². The Labute approximate surface area is 154 Å². The zero-order valence-corrected chi connectivity index (χ0v) is 14.5. The normalized spacial score (nSPS) is 28.2. The molecule has 1 saturated heterocycles. The molecule has 11 nitrogen and oxygen atoms in total. The third kappa shape index (κ3) is 4.51. The number of aryl methyl sites for hydroxylation is 1. The Morgan fingerprint density at radius 3 is 2.63 bits per heavy atom. The Morgan fingerprint density at radius 1 is 1.19 bits per heavy atom. The summed E-state index contributed by atoms with van der Waals surface area (Å²) in [4.78, 5) is 11.9. The fourth-order valence-electron chi connectivity index (χ4n) is 2.85. The predicted molar refractivity (Wildman–Crippen MR) is 89.9 cm³/mol. The van der Waals surface area contributed by atoms with Crippen LogP contribution in [-0.4, -0.2) is 76.9 Å². The van der Waals surface area contributed by atoms with Gasteiger partial charge in [0.25, 0.3) is 0 Å². The van der Waals surface area contributed by atoms with Crippen molar-refractivity contribution in [1.29, 1.82) is 0 Å². The van der Waals surface area contributed by atoms with Crippen LogP contribution in [0.15, 0.2) is 30.7 Å². The molecule has 0 saturated carbocycles. The summed E-state index contributed by atoms with van der Waals surface area (Å²) < 4.78 is 8.48. The van der Waals surface area contributed by atoms with Crippen LogP contribution in [0.5, 0.6) is 0 Å². The van der Waals surface area contributed by atoms with Crippen LogP contribution < -0.4 is 5.32 Å². The Hall–Kier alpha value is -2.31.